The van der Waals surface area contributed by atoms with E-state index >= 15 is 0 Å². The number of pyridine rings is 1. The molecule has 9 nitrogen and oxygen atoms in total. The number of rotatable bonds is 7. The second-order valence-electron chi connectivity index (χ2n) is 10.0. The van der Waals surface area contributed by atoms with Crippen molar-refractivity contribution < 1.29 is 18.3 Å². The predicted octanol–water partition coefficient (Wildman–Crippen LogP) is 4.37. The van der Waals surface area contributed by atoms with Crippen molar-refractivity contribution in [2.24, 2.45) is 5.73 Å². The van der Waals surface area contributed by atoms with E-state index in [9.17, 15) is 13.6 Å². The van der Waals surface area contributed by atoms with Crippen LogP contribution in [0.15, 0.2) is 64.6 Å². The molecule has 0 saturated carbocycles. The quantitative estimate of drug-likeness (QED) is 0.303. The molecule has 2 aliphatic heterocycles. The molecule has 4 aromatic rings. The van der Waals surface area contributed by atoms with Crippen LogP contribution in [0.3, 0.4) is 0 Å². The van der Waals surface area contributed by atoms with Gasteiger partial charge in [0.2, 0.25) is 0 Å². The number of carbonyl (C=O) groups excluding carboxylic acids is 1. The van der Waals surface area contributed by atoms with Crippen LogP contribution in [-0.4, -0.2) is 59.2 Å². The molecule has 40 heavy (non-hydrogen) atoms. The summed E-state index contributed by atoms with van der Waals surface area (Å²) in [6, 6.07) is 11.3. The zero-order chi connectivity index (χ0) is 27.6. The number of anilines is 2. The third kappa shape index (κ3) is 5.88. The second-order valence-corrected chi connectivity index (χ2v) is 11.2. The number of aromatic nitrogens is 3. The van der Waals surface area contributed by atoms with Crippen LogP contribution in [0.2, 0.25) is 0 Å². The van der Waals surface area contributed by atoms with E-state index in [0.717, 1.165) is 49.8 Å². The highest BCUT2D eigenvalue weighted by molar-refractivity contribution is 7.99. The number of nitrogens with zero attached hydrogens (tertiary/aromatic N) is 4. The van der Waals surface area contributed by atoms with Crippen molar-refractivity contribution in [2.75, 3.05) is 41.9 Å². The lowest BCUT2D eigenvalue weighted by Crippen LogP contribution is -2.31. The van der Waals surface area contributed by atoms with Crippen LogP contribution in [0.1, 0.15) is 29.6 Å². The third-order valence-corrected chi connectivity index (χ3v) is 8.01. The van der Waals surface area contributed by atoms with Crippen LogP contribution in [0, 0.1) is 11.6 Å². The summed E-state index contributed by atoms with van der Waals surface area (Å²) in [5.41, 5.74) is 11.7. The molecule has 4 N–H and O–H groups in total. The number of halogens is 2. The van der Waals surface area contributed by atoms with Crippen molar-refractivity contribution >= 4 is 40.1 Å². The summed E-state index contributed by atoms with van der Waals surface area (Å²) in [5, 5.41) is 8.54. The van der Waals surface area contributed by atoms with E-state index in [0.29, 0.717) is 39.6 Å². The number of carbonyl (C=O) groups is 1. The molecule has 2 saturated heterocycles. The van der Waals surface area contributed by atoms with Gasteiger partial charge >= 0.3 is 0 Å². The number of fused-ring (bicyclic) bond motifs is 1. The van der Waals surface area contributed by atoms with E-state index in [4.69, 9.17) is 10.5 Å². The number of benzene rings is 2. The summed E-state index contributed by atoms with van der Waals surface area (Å²) in [7, 11) is 0. The van der Waals surface area contributed by atoms with Crippen molar-refractivity contribution in [1.82, 2.24) is 14.9 Å². The van der Waals surface area contributed by atoms with Crippen molar-refractivity contribution in [1.29, 1.82) is 0 Å². The Balaban J connectivity index is 1.23. The van der Waals surface area contributed by atoms with Gasteiger partial charge in [-0.2, -0.15) is 9.89 Å². The zero-order valence-electron chi connectivity index (χ0n) is 21.6. The summed E-state index contributed by atoms with van der Waals surface area (Å²) in [6.07, 6.45) is 5.81. The standard InChI is InChI=1S/C28H29F2N7O2S/c29-18-10-19(30)12-23(11-18)40-24-9-17-14-33-37(27(17)32-15-24)35-28(38)25-2-1-22(36-6-3-20(31)16-36)13-26(25)34-21-4-7-39-8-5-21/h1-2,9-15,20-21,34H,3-8,16,31H2,(H,35,38). The van der Waals surface area contributed by atoms with E-state index in [1.807, 2.05) is 18.2 Å². The first-order valence-electron chi connectivity index (χ1n) is 13.2. The van der Waals surface area contributed by atoms with E-state index < -0.39 is 11.6 Å². The SMILES string of the molecule is NC1CCN(c2ccc(C(=O)Nn3ncc4cc(Sc5cc(F)cc(F)c5)cnc43)c(NC3CCOCC3)c2)C1. The van der Waals surface area contributed by atoms with Gasteiger partial charge in [-0.1, -0.05) is 11.8 Å². The number of hydrogen-bond acceptors (Lipinski definition) is 8. The van der Waals surface area contributed by atoms with Gasteiger partial charge in [0.05, 0.1) is 11.8 Å². The molecule has 0 spiro atoms. The highest BCUT2D eigenvalue weighted by atomic mass is 32.2. The lowest BCUT2D eigenvalue weighted by molar-refractivity contribution is 0.0904. The number of nitrogens with one attached hydrogen (secondary N) is 2. The minimum Gasteiger partial charge on any atom is -0.381 e. The van der Waals surface area contributed by atoms with Crippen molar-refractivity contribution in [3.8, 4) is 0 Å². The van der Waals surface area contributed by atoms with Gasteiger partial charge in [0, 0.05) is 77.2 Å². The Morgan fingerprint density at radius 1 is 1.02 bits per heavy atom. The molecule has 6 rings (SSSR count). The average molecular weight is 566 g/mol. The van der Waals surface area contributed by atoms with Gasteiger partial charge in [-0.3, -0.25) is 4.79 Å². The Bertz CT molecular complexity index is 1520. The Labute approximate surface area is 234 Å². The zero-order valence-corrected chi connectivity index (χ0v) is 22.5. The fraction of sp³-hybridized carbons (Fsp3) is 0.321. The summed E-state index contributed by atoms with van der Waals surface area (Å²) in [5.74, 6) is -1.62. The molecule has 2 fully saturated rings. The maximum Gasteiger partial charge on any atom is 0.273 e. The van der Waals surface area contributed by atoms with E-state index in [2.05, 4.69) is 25.7 Å². The van der Waals surface area contributed by atoms with Gasteiger partial charge in [0.15, 0.2) is 5.65 Å². The fourth-order valence-electron chi connectivity index (χ4n) is 5.05. The maximum atomic E-state index is 13.6. The molecule has 0 aliphatic carbocycles. The van der Waals surface area contributed by atoms with Gasteiger partial charge in [-0.25, -0.2) is 19.2 Å². The molecular formula is C28H29F2N7O2S. The molecule has 2 aromatic heterocycles. The van der Waals surface area contributed by atoms with Crippen molar-refractivity contribution in [3.05, 3.63) is 72.1 Å². The average Bonchev–Trinajstić information content (AvgIpc) is 3.54. The smallest absolute Gasteiger partial charge is 0.273 e. The van der Waals surface area contributed by atoms with Crippen LogP contribution >= 0.6 is 11.8 Å². The Morgan fingerprint density at radius 3 is 2.58 bits per heavy atom. The third-order valence-electron chi connectivity index (χ3n) is 7.08. The number of amides is 1. The lowest BCUT2D eigenvalue weighted by Gasteiger charge is -2.27. The molecular weight excluding hydrogens is 536 g/mol. The van der Waals surface area contributed by atoms with Gasteiger partial charge in [-0.15, -0.1) is 0 Å². The number of hydrogen-bond donors (Lipinski definition) is 3. The largest absolute Gasteiger partial charge is 0.381 e. The molecule has 0 radical (unpaired) electrons. The fourth-order valence-corrected chi connectivity index (χ4v) is 5.96. The minimum absolute atomic E-state index is 0.143. The first-order chi connectivity index (χ1) is 19.4. The highest BCUT2D eigenvalue weighted by Crippen LogP contribution is 2.31. The first-order valence-corrected chi connectivity index (χ1v) is 14.0. The Hall–Kier alpha value is -3.74. The van der Waals surface area contributed by atoms with Crippen LogP contribution < -0.4 is 21.4 Å². The minimum atomic E-state index is -0.644. The van der Waals surface area contributed by atoms with Crippen molar-refractivity contribution in [3.63, 3.8) is 0 Å². The molecule has 0 bridgehead atoms. The maximum absolute atomic E-state index is 13.6. The van der Waals surface area contributed by atoms with E-state index in [1.165, 1.54) is 28.7 Å². The van der Waals surface area contributed by atoms with Crippen molar-refractivity contribution in [2.45, 2.75) is 41.1 Å². The van der Waals surface area contributed by atoms with Crippen LogP contribution in [-0.2, 0) is 4.74 Å². The highest BCUT2D eigenvalue weighted by Gasteiger charge is 2.23. The molecule has 12 heteroatoms. The molecule has 1 amide bonds. The Kier molecular flexibility index (Phi) is 7.55. The van der Waals surface area contributed by atoms with Gasteiger partial charge < -0.3 is 20.7 Å². The lowest BCUT2D eigenvalue weighted by atomic mass is 10.1. The second kappa shape index (κ2) is 11.4. The van der Waals surface area contributed by atoms with E-state index in [-0.39, 0.29) is 18.0 Å². The first kappa shape index (κ1) is 26.5. The van der Waals surface area contributed by atoms with Crippen LogP contribution in [0.25, 0.3) is 11.0 Å². The molecule has 2 aliphatic rings. The molecule has 1 unspecified atom stereocenters. The monoisotopic (exact) mass is 565 g/mol. The van der Waals surface area contributed by atoms with Gasteiger partial charge in [-0.05, 0) is 55.7 Å². The summed E-state index contributed by atoms with van der Waals surface area (Å²) >= 11 is 1.19. The summed E-state index contributed by atoms with van der Waals surface area (Å²) < 4.78 is 32.7. The molecule has 2 aromatic carbocycles. The summed E-state index contributed by atoms with van der Waals surface area (Å²) in [4.78, 5) is 22.6. The Morgan fingerprint density at radius 2 is 1.82 bits per heavy atom. The van der Waals surface area contributed by atoms with Gasteiger partial charge in [0.25, 0.3) is 5.91 Å². The molecule has 1 atom stereocenters. The van der Waals surface area contributed by atoms with Gasteiger partial charge in [0.1, 0.15) is 11.6 Å². The topological polar surface area (TPSA) is 110 Å². The molecule has 208 valence electrons. The van der Waals surface area contributed by atoms with Crippen LogP contribution in [0.5, 0.6) is 0 Å². The summed E-state index contributed by atoms with van der Waals surface area (Å²) in [6.45, 7) is 3.02. The predicted molar refractivity (Wildman–Crippen MR) is 150 cm³/mol. The van der Waals surface area contributed by atoms with Crippen LogP contribution in [0.4, 0.5) is 20.2 Å². The number of nitrogens with two attached hydrogens (primary N) is 1. The number of ether oxygens (including phenoxy) is 1. The molecule has 4 heterocycles. The van der Waals surface area contributed by atoms with E-state index in [1.54, 1.807) is 18.5 Å². The normalized spacial score (nSPS) is 17.9.